The van der Waals surface area contributed by atoms with Gasteiger partial charge in [-0.1, -0.05) is 170 Å². The predicted octanol–water partition coefficient (Wildman–Crippen LogP) is 13.2. The molecule has 0 N–H and O–H groups in total. The van der Waals surface area contributed by atoms with E-state index < -0.39 is 0 Å². The normalized spacial score (nSPS) is 12.6. The van der Waals surface area contributed by atoms with Crippen molar-refractivity contribution in [3.05, 3.63) is 0 Å². The second-order valence-corrected chi connectivity index (χ2v) is 15.0. The van der Waals surface area contributed by atoms with E-state index in [4.69, 9.17) is 9.47 Å². The Morgan fingerprint density at radius 3 is 1.05 bits per heavy atom. The number of rotatable bonds is 29. The zero-order chi connectivity index (χ0) is 29.1. The van der Waals surface area contributed by atoms with E-state index in [9.17, 15) is 0 Å². The highest BCUT2D eigenvalue weighted by Gasteiger charge is 2.11. The first-order valence-electron chi connectivity index (χ1n) is 17.9. The van der Waals surface area contributed by atoms with Crippen molar-refractivity contribution in [3.8, 4) is 0 Å². The lowest BCUT2D eigenvalue weighted by Crippen LogP contribution is -2.19. The fourth-order valence-electron chi connectivity index (χ4n) is 5.37. The third-order valence-corrected chi connectivity index (χ3v) is 8.04. The molecule has 0 bridgehead atoms. The summed E-state index contributed by atoms with van der Waals surface area (Å²) >= 11 is 0. The molecule has 0 aromatic heterocycles. The van der Waals surface area contributed by atoms with Crippen LogP contribution in [0.25, 0.3) is 0 Å². The highest BCUT2D eigenvalue weighted by atomic mass is 16.7. The first kappa shape index (κ1) is 38.9. The molecule has 0 amide bonds. The summed E-state index contributed by atoms with van der Waals surface area (Å²) < 4.78 is 12.5. The van der Waals surface area contributed by atoms with E-state index in [2.05, 4.69) is 48.5 Å². The first-order valence-corrected chi connectivity index (χ1v) is 17.9. The van der Waals surface area contributed by atoms with Crippen LogP contribution in [-0.2, 0) is 9.47 Å². The van der Waals surface area contributed by atoms with Crippen LogP contribution >= 0.6 is 0 Å². The molecular weight excluding hydrogens is 476 g/mol. The summed E-state index contributed by atoms with van der Waals surface area (Å²) in [6.45, 7) is 18.2. The maximum absolute atomic E-state index is 6.26. The lowest BCUT2D eigenvalue weighted by Gasteiger charge is -2.19. The van der Waals surface area contributed by atoms with Crippen molar-refractivity contribution in [2.24, 2.45) is 10.8 Å². The van der Waals surface area contributed by atoms with E-state index in [-0.39, 0.29) is 6.29 Å². The van der Waals surface area contributed by atoms with Crippen LogP contribution in [0.15, 0.2) is 0 Å². The van der Waals surface area contributed by atoms with Crippen LogP contribution in [0.1, 0.15) is 209 Å². The summed E-state index contributed by atoms with van der Waals surface area (Å²) in [4.78, 5) is 0. The Labute approximate surface area is 248 Å². The largest absolute Gasteiger partial charge is 0.353 e. The van der Waals surface area contributed by atoms with E-state index in [1.165, 1.54) is 154 Å². The summed E-state index contributed by atoms with van der Waals surface area (Å²) in [5.41, 5.74) is 0.993. The predicted molar refractivity (Wildman–Crippen MR) is 176 cm³/mol. The smallest absolute Gasteiger partial charge is 0.157 e. The number of ether oxygens (including phenoxy) is 2. The van der Waals surface area contributed by atoms with Gasteiger partial charge in [0.15, 0.2) is 6.29 Å². The van der Waals surface area contributed by atoms with Crippen LogP contribution in [0.5, 0.6) is 0 Å². The number of hydrogen-bond acceptors (Lipinski definition) is 2. The molecule has 0 rings (SSSR count). The van der Waals surface area contributed by atoms with Gasteiger partial charge in [-0.05, 0) is 49.4 Å². The number of unbranched alkanes of at least 4 members (excludes halogenated alkanes) is 19. The lowest BCUT2D eigenvalue weighted by molar-refractivity contribution is -0.148. The maximum atomic E-state index is 6.26. The minimum atomic E-state index is 0.0277. The quantitative estimate of drug-likeness (QED) is 0.0678. The van der Waals surface area contributed by atoms with E-state index in [0.717, 1.165) is 19.6 Å². The van der Waals surface area contributed by atoms with Crippen molar-refractivity contribution < 1.29 is 9.47 Å². The van der Waals surface area contributed by atoms with Gasteiger partial charge in [0, 0.05) is 13.2 Å². The Hall–Kier alpha value is -0.0800. The van der Waals surface area contributed by atoms with Crippen molar-refractivity contribution in [2.45, 2.75) is 215 Å². The standard InChI is InChI=1S/C37H76O2/c1-8-9-10-11-12-15-20-25-30-35(38-33-28-23-18-13-16-21-26-31-36(2,3)4)39-34-29-24-19-14-17-22-27-32-37(5,6)7/h35H,8-34H2,1-7H3. The highest BCUT2D eigenvalue weighted by molar-refractivity contribution is 4.62. The van der Waals surface area contributed by atoms with Crippen LogP contribution in [0, 0.1) is 10.8 Å². The molecule has 0 heterocycles. The second kappa shape index (κ2) is 26.8. The number of hydrogen-bond donors (Lipinski definition) is 0. The molecule has 0 aromatic carbocycles. The summed E-state index contributed by atoms with van der Waals surface area (Å²) in [6, 6.07) is 0. The van der Waals surface area contributed by atoms with Crippen molar-refractivity contribution in [2.75, 3.05) is 13.2 Å². The van der Waals surface area contributed by atoms with Crippen LogP contribution < -0.4 is 0 Å². The Balaban J connectivity index is 3.93. The Kier molecular flexibility index (Phi) is 26.7. The molecule has 236 valence electrons. The molecule has 0 atom stereocenters. The summed E-state index contributed by atoms with van der Waals surface area (Å²) in [6.07, 6.45) is 33.6. The monoisotopic (exact) mass is 553 g/mol. The van der Waals surface area contributed by atoms with Crippen molar-refractivity contribution in [1.82, 2.24) is 0 Å². The first-order chi connectivity index (χ1) is 18.6. The van der Waals surface area contributed by atoms with Gasteiger partial charge < -0.3 is 9.47 Å². The van der Waals surface area contributed by atoms with Gasteiger partial charge in [0.1, 0.15) is 0 Å². The maximum Gasteiger partial charge on any atom is 0.157 e. The summed E-state index contributed by atoms with van der Waals surface area (Å²) in [7, 11) is 0. The Bertz CT molecular complexity index is 439. The minimum absolute atomic E-state index is 0.0277. The molecule has 39 heavy (non-hydrogen) atoms. The molecule has 2 nitrogen and oxygen atoms in total. The van der Waals surface area contributed by atoms with Crippen molar-refractivity contribution >= 4 is 0 Å². The van der Waals surface area contributed by atoms with Crippen LogP contribution in [0.4, 0.5) is 0 Å². The Morgan fingerprint density at radius 1 is 0.385 bits per heavy atom. The molecule has 0 unspecified atom stereocenters. The molecule has 0 radical (unpaired) electrons. The zero-order valence-corrected chi connectivity index (χ0v) is 28.5. The molecule has 0 aliphatic heterocycles. The van der Waals surface area contributed by atoms with Gasteiger partial charge in [0.25, 0.3) is 0 Å². The summed E-state index contributed by atoms with van der Waals surface area (Å²) in [5.74, 6) is 0. The van der Waals surface area contributed by atoms with Crippen LogP contribution in [0.2, 0.25) is 0 Å². The molecule has 0 fully saturated rings. The van der Waals surface area contributed by atoms with Gasteiger partial charge in [-0.25, -0.2) is 0 Å². The van der Waals surface area contributed by atoms with Gasteiger partial charge in [-0.2, -0.15) is 0 Å². The fraction of sp³-hybridized carbons (Fsp3) is 1.00. The van der Waals surface area contributed by atoms with E-state index in [1.807, 2.05) is 0 Å². The van der Waals surface area contributed by atoms with E-state index >= 15 is 0 Å². The van der Waals surface area contributed by atoms with Crippen LogP contribution in [0.3, 0.4) is 0 Å². The van der Waals surface area contributed by atoms with E-state index in [1.54, 1.807) is 0 Å². The third-order valence-electron chi connectivity index (χ3n) is 8.04. The van der Waals surface area contributed by atoms with Crippen molar-refractivity contribution in [1.29, 1.82) is 0 Å². The average molecular weight is 553 g/mol. The average Bonchev–Trinajstić information content (AvgIpc) is 2.86. The SMILES string of the molecule is CCCCCCCCCCC(OCCCCCCCCCC(C)(C)C)OCCCCCCCCCC(C)(C)C. The minimum Gasteiger partial charge on any atom is -0.353 e. The lowest BCUT2D eigenvalue weighted by atomic mass is 9.89. The van der Waals surface area contributed by atoms with Crippen molar-refractivity contribution in [3.63, 3.8) is 0 Å². The molecule has 0 saturated carbocycles. The highest BCUT2D eigenvalue weighted by Crippen LogP contribution is 2.23. The van der Waals surface area contributed by atoms with Gasteiger partial charge in [-0.15, -0.1) is 0 Å². The third kappa shape index (κ3) is 34.0. The van der Waals surface area contributed by atoms with E-state index in [0.29, 0.717) is 10.8 Å². The van der Waals surface area contributed by atoms with Gasteiger partial charge in [0.2, 0.25) is 0 Å². The summed E-state index contributed by atoms with van der Waals surface area (Å²) in [5, 5.41) is 0. The van der Waals surface area contributed by atoms with Gasteiger partial charge in [-0.3, -0.25) is 0 Å². The van der Waals surface area contributed by atoms with Crippen LogP contribution in [-0.4, -0.2) is 19.5 Å². The molecule has 2 heteroatoms. The Morgan fingerprint density at radius 2 is 0.692 bits per heavy atom. The van der Waals surface area contributed by atoms with Gasteiger partial charge >= 0.3 is 0 Å². The molecule has 0 saturated heterocycles. The molecule has 0 spiro atoms. The molecule has 0 aliphatic rings. The second-order valence-electron chi connectivity index (χ2n) is 15.0. The zero-order valence-electron chi connectivity index (χ0n) is 28.5. The fourth-order valence-corrected chi connectivity index (χ4v) is 5.37. The van der Waals surface area contributed by atoms with Gasteiger partial charge in [0.05, 0.1) is 0 Å². The molecular formula is C37H76O2. The topological polar surface area (TPSA) is 18.5 Å². The molecule has 0 aliphatic carbocycles. The molecule has 0 aromatic rings.